The fourth-order valence-corrected chi connectivity index (χ4v) is 8.42. The Kier molecular flexibility index (Phi) is 51.7. The molecule has 0 N–H and O–H groups in total. The van der Waals surface area contributed by atoms with E-state index in [0.29, 0.717) is 19.3 Å². The molecule has 64 heavy (non-hydrogen) atoms. The summed E-state index contributed by atoms with van der Waals surface area (Å²) in [5.74, 6) is -0.856. The molecule has 0 heterocycles. The van der Waals surface area contributed by atoms with Gasteiger partial charge in [0.25, 0.3) is 0 Å². The summed E-state index contributed by atoms with van der Waals surface area (Å²) in [7, 11) is 0. The fraction of sp³-hybridized carbons (Fsp3) is 0.879. The topological polar surface area (TPSA) is 78.9 Å². The number of hydrogen-bond acceptors (Lipinski definition) is 6. The largest absolute Gasteiger partial charge is 0.462 e. The summed E-state index contributed by atoms with van der Waals surface area (Å²) in [6.07, 6.45) is 61.6. The van der Waals surface area contributed by atoms with Gasteiger partial charge < -0.3 is 14.2 Å². The first kappa shape index (κ1) is 61.9. The van der Waals surface area contributed by atoms with Gasteiger partial charge in [0.2, 0.25) is 0 Å². The third-order valence-corrected chi connectivity index (χ3v) is 12.7. The molecule has 0 saturated carbocycles. The first-order valence-electron chi connectivity index (χ1n) is 28.3. The van der Waals surface area contributed by atoms with Gasteiger partial charge >= 0.3 is 17.9 Å². The van der Waals surface area contributed by atoms with Crippen LogP contribution >= 0.6 is 0 Å². The lowest BCUT2D eigenvalue weighted by molar-refractivity contribution is -0.167. The Morgan fingerprint density at radius 3 is 0.891 bits per heavy atom. The first-order chi connectivity index (χ1) is 31.5. The van der Waals surface area contributed by atoms with Crippen molar-refractivity contribution >= 4 is 17.9 Å². The fourth-order valence-electron chi connectivity index (χ4n) is 8.42. The van der Waals surface area contributed by atoms with Crippen LogP contribution in [0.25, 0.3) is 0 Å². The number of ether oxygens (including phenoxy) is 3. The number of hydrogen-bond donors (Lipinski definition) is 0. The Morgan fingerprint density at radius 2 is 0.562 bits per heavy atom. The molecule has 0 aromatic rings. The van der Waals surface area contributed by atoms with Gasteiger partial charge in [-0.25, -0.2) is 0 Å². The number of unbranched alkanes of at least 4 members (excludes halogenated alkanes) is 37. The maximum Gasteiger partial charge on any atom is 0.306 e. The van der Waals surface area contributed by atoms with Crippen molar-refractivity contribution in [3.63, 3.8) is 0 Å². The van der Waals surface area contributed by atoms with E-state index in [2.05, 4.69) is 45.1 Å². The average Bonchev–Trinajstić information content (AvgIpc) is 3.29. The first-order valence-corrected chi connectivity index (χ1v) is 28.3. The molecule has 0 saturated heterocycles. The van der Waals surface area contributed by atoms with Crippen LogP contribution < -0.4 is 0 Å². The van der Waals surface area contributed by atoms with Gasteiger partial charge in [-0.15, -0.1) is 0 Å². The zero-order valence-electron chi connectivity index (χ0n) is 43.1. The number of allylic oxidation sites excluding steroid dienone is 4. The van der Waals surface area contributed by atoms with Gasteiger partial charge in [-0.05, 0) is 51.4 Å². The van der Waals surface area contributed by atoms with Crippen molar-refractivity contribution in [2.45, 2.75) is 316 Å². The molecule has 376 valence electrons. The van der Waals surface area contributed by atoms with Crippen LogP contribution in [0.1, 0.15) is 310 Å². The van der Waals surface area contributed by atoms with Crippen molar-refractivity contribution in [3.05, 3.63) is 24.3 Å². The Morgan fingerprint density at radius 1 is 0.312 bits per heavy atom. The molecule has 0 unspecified atom stereocenters. The van der Waals surface area contributed by atoms with Crippen molar-refractivity contribution in [2.24, 2.45) is 0 Å². The monoisotopic (exact) mass is 901 g/mol. The van der Waals surface area contributed by atoms with Crippen LogP contribution in [0.3, 0.4) is 0 Å². The van der Waals surface area contributed by atoms with Crippen LogP contribution in [0, 0.1) is 0 Å². The standard InChI is InChI=1S/C58H108O6/c1-4-7-10-13-16-19-22-25-28-29-31-33-36-39-42-45-48-51-57(60)63-54-55(53-62-56(59)50-47-44-41-38-35-32-27-24-21-18-15-12-9-6-3)64-58(61)52-49-46-43-40-37-34-30-26-23-20-17-14-11-8-5-2/h16,19,25,28,55H,4-15,17-18,20-24,26-27,29-54H2,1-3H3/b19-16-,28-25-/t55-/m1/s1. The zero-order chi connectivity index (χ0) is 46.5. The highest BCUT2D eigenvalue weighted by Gasteiger charge is 2.19. The van der Waals surface area contributed by atoms with Gasteiger partial charge in [-0.1, -0.05) is 263 Å². The third kappa shape index (κ3) is 50.9. The predicted octanol–water partition coefficient (Wildman–Crippen LogP) is 18.7. The molecule has 0 aromatic carbocycles. The van der Waals surface area contributed by atoms with Crippen molar-refractivity contribution in [1.82, 2.24) is 0 Å². The number of carbonyl (C=O) groups is 3. The van der Waals surface area contributed by atoms with Gasteiger partial charge in [0.15, 0.2) is 6.10 Å². The molecule has 0 bridgehead atoms. The van der Waals surface area contributed by atoms with E-state index >= 15 is 0 Å². The van der Waals surface area contributed by atoms with Crippen molar-refractivity contribution in [3.8, 4) is 0 Å². The van der Waals surface area contributed by atoms with Gasteiger partial charge in [0, 0.05) is 19.3 Å². The molecule has 1 atom stereocenters. The van der Waals surface area contributed by atoms with Gasteiger partial charge in [-0.3, -0.25) is 14.4 Å². The summed E-state index contributed by atoms with van der Waals surface area (Å²) in [6, 6.07) is 0. The Labute approximate surface area is 398 Å². The highest BCUT2D eigenvalue weighted by Crippen LogP contribution is 2.17. The van der Waals surface area contributed by atoms with Crippen molar-refractivity contribution in [2.75, 3.05) is 13.2 Å². The third-order valence-electron chi connectivity index (χ3n) is 12.7. The van der Waals surface area contributed by atoms with E-state index in [-0.39, 0.29) is 31.1 Å². The van der Waals surface area contributed by atoms with Crippen LogP contribution in [0.4, 0.5) is 0 Å². The molecule has 0 aliphatic heterocycles. The second kappa shape index (κ2) is 53.5. The second-order valence-corrected chi connectivity index (χ2v) is 19.2. The van der Waals surface area contributed by atoms with E-state index < -0.39 is 6.10 Å². The highest BCUT2D eigenvalue weighted by atomic mass is 16.6. The van der Waals surface area contributed by atoms with Gasteiger partial charge in [0.1, 0.15) is 13.2 Å². The molecule has 0 amide bonds. The lowest BCUT2D eigenvalue weighted by Crippen LogP contribution is -2.30. The van der Waals surface area contributed by atoms with Crippen LogP contribution in [0.2, 0.25) is 0 Å². The summed E-state index contributed by atoms with van der Waals surface area (Å²) in [4.78, 5) is 38.1. The van der Waals surface area contributed by atoms with E-state index in [1.807, 2.05) is 0 Å². The van der Waals surface area contributed by atoms with Crippen LogP contribution in [0.15, 0.2) is 24.3 Å². The summed E-state index contributed by atoms with van der Waals surface area (Å²) in [5, 5.41) is 0. The normalized spacial score (nSPS) is 12.1. The maximum absolute atomic E-state index is 12.8. The van der Waals surface area contributed by atoms with Crippen molar-refractivity contribution < 1.29 is 28.6 Å². The van der Waals surface area contributed by atoms with Crippen molar-refractivity contribution in [1.29, 1.82) is 0 Å². The predicted molar refractivity (Wildman–Crippen MR) is 275 cm³/mol. The molecule has 0 fully saturated rings. The molecule has 6 nitrogen and oxygen atoms in total. The molecular weight excluding hydrogens is 793 g/mol. The van der Waals surface area contributed by atoms with Crippen LogP contribution in [-0.4, -0.2) is 37.2 Å². The molecule has 0 aromatic heterocycles. The SMILES string of the molecule is CCCCC/C=C\C/C=C\CCCCCCCCCC(=O)OC[C@@H](COC(=O)CCCCCCCCCCCCCCCC)OC(=O)CCCCCCCCCCCCCCCCC. The van der Waals surface area contributed by atoms with Gasteiger partial charge in [0.05, 0.1) is 0 Å². The molecule has 0 radical (unpaired) electrons. The maximum atomic E-state index is 12.8. The molecule has 0 rings (SSSR count). The highest BCUT2D eigenvalue weighted by molar-refractivity contribution is 5.71. The number of esters is 3. The summed E-state index contributed by atoms with van der Waals surface area (Å²) in [6.45, 7) is 6.65. The Bertz CT molecular complexity index is 1040. The van der Waals surface area contributed by atoms with E-state index in [4.69, 9.17) is 14.2 Å². The van der Waals surface area contributed by atoms with E-state index in [1.54, 1.807) is 0 Å². The van der Waals surface area contributed by atoms with Crippen LogP contribution in [0.5, 0.6) is 0 Å². The molecular formula is C58H108O6. The minimum atomic E-state index is -0.769. The second-order valence-electron chi connectivity index (χ2n) is 19.2. The quantitative estimate of drug-likeness (QED) is 0.0262. The molecule has 0 aliphatic carbocycles. The lowest BCUT2D eigenvalue weighted by Gasteiger charge is -2.18. The van der Waals surface area contributed by atoms with E-state index in [1.165, 1.54) is 199 Å². The molecule has 6 heteroatoms. The molecule has 0 aliphatic rings. The summed E-state index contributed by atoms with van der Waals surface area (Å²) < 4.78 is 16.9. The Hall–Kier alpha value is -2.11. The minimum Gasteiger partial charge on any atom is -0.462 e. The van der Waals surface area contributed by atoms with E-state index in [9.17, 15) is 14.4 Å². The lowest BCUT2D eigenvalue weighted by atomic mass is 10.0. The van der Waals surface area contributed by atoms with Crippen LogP contribution in [-0.2, 0) is 28.6 Å². The van der Waals surface area contributed by atoms with Gasteiger partial charge in [-0.2, -0.15) is 0 Å². The molecule has 0 spiro atoms. The van der Waals surface area contributed by atoms with E-state index in [0.717, 1.165) is 70.6 Å². The smallest absolute Gasteiger partial charge is 0.306 e. The number of carbonyl (C=O) groups excluding carboxylic acids is 3. The summed E-state index contributed by atoms with van der Waals surface area (Å²) >= 11 is 0. The average molecular weight is 901 g/mol. The summed E-state index contributed by atoms with van der Waals surface area (Å²) in [5.41, 5.74) is 0. The Balaban J connectivity index is 4.33. The zero-order valence-corrected chi connectivity index (χ0v) is 43.1. The minimum absolute atomic E-state index is 0.0682. The number of rotatable bonds is 52.